The Morgan fingerprint density at radius 1 is 1.35 bits per heavy atom. The van der Waals surface area contributed by atoms with E-state index in [0.717, 1.165) is 31.9 Å². The van der Waals surface area contributed by atoms with Crippen LogP contribution in [0.2, 0.25) is 0 Å². The first-order valence-electron chi connectivity index (χ1n) is 6.70. The Labute approximate surface area is 105 Å². The maximum Gasteiger partial charge on any atom is 0.117 e. The molecule has 0 saturated carbocycles. The highest BCUT2D eigenvalue weighted by molar-refractivity contribution is 4.97. The zero-order valence-corrected chi connectivity index (χ0v) is 11.4. The zero-order chi connectivity index (χ0) is 12.5. The van der Waals surface area contributed by atoms with Crippen LogP contribution in [-0.4, -0.2) is 30.6 Å². The number of hydrogen-bond donors (Lipinski definition) is 1. The van der Waals surface area contributed by atoms with Crippen LogP contribution in [0.5, 0.6) is 0 Å². The van der Waals surface area contributed by atoms with Crippen molar-refractivity contribution in [1.82, 2.24) is 10.2 Å². The minimum atomic E-state index is 0.598. The summed E-state index contributed by atoms with van der Waals surface area (Å²) in [5.74, 6) is 1.06. The molecular formula is C14H26N2O. The standard InChI is InChI=1S/C14H26N2O/c1-4-16(12-14-8-7-11-17-14)10-6-5-9-15-13(2)3/h7-8,11,13,15H,4-6,9-10,12H2,1-3H3. The van der Waals surface area contributed by atoms with Crippen molar-refractivity contribution < 1.29 is 4.42 Å². The van der Waals surface area contributed by atoms with Gasteiger partial charge in [-0.05, 0) is 44.6 Å². The Morgan fingerprint density at radius 3 is 2.76 bits per heavy atom. The highest BCUT2D eigenvalue weighted by Gasteiger charge is 2.05. The fraction of sp³-hybridized carbons (Fsp3) is 0.714. The van der Waals surface area contributed by atoms with Crippen molar-refractivity contribution in [3.8, 4) is 0 Å². The molecule has 1 aromatic heterocycles. The highest BCUT2D eigenvalue weighted by atomic mass is 16.3. The van der Waals surface area contributed by atoms with Gasteiger partial charge in [-0.3, -0.25) is 4.90 Å². The van der Waals surface area contributed by atoms with Gasteiger partial charge >= 0.3 is 0 Å². The topological polar surface area (TPSA) is 28.4 Å². The molecule has 1 aromatic rings. The second-order valence-electron chi connectivity index (χ2n) is 4.76. The van der Waals surface area contributed by atoms with Gasteiger partial charge in [-0.25, -0.2) is 0 Å². The number of hydrogen-bond acceptors (Lipinski definition) is 3. The van der Waals surface area contributed by atoms with Gasteiger partial charge in [0.2, 0.25) is 0 Å². The van der Waals surface area contributed by atoms with Crippen molar-refractivity contribution in [2.24, 2.45) is 0 Å². The molecule has 0 fully saturated rings. The van der Waals surface area contributed by atoms with Gasteiger partial charge in [-0.2, -0.15) is 0 Å². The van der Waals surface area contributed by atoms with Crippen LogP contribution in [0.4, 0.5) is 0 Å². The minimum absolute atomic E-state index is 0.598. The lowest BCUT2D eigenvalue weighted by atomic mass is 10.2. The summed E-state index contributed by atoms with van der Waals surface area (Å²) in [6, 6.07) is 4.60. The fourth-order valence-electron chi connectivity index (χ4n) is 1.82. The summed E-state index contributed by atoms with van der Waals surface area (Å²) in [7, 11) is 0. The van der Waals surface area contributed by atoms with E-state index in [1.807, 2.05) is 12.1 Å². The zero-order valence-electron chi connectivity index (χ0n) is 11.4. The van der Waals surface area contributed by atoms with Gasteiger partial charge in [0, 0.05) is 6.04 Å². The quantitative estimate of drug-likeness (QED) is 0.671. The molecule has 98 valence electrons. The normalized spacial score (nSPS) is 11.6. The Balaban J connectivity index is 2.10. The second kappa shape index (κ2) is 8.31. The largest absolute Gasteiger partial charge is 0.468 e. The van der Waals surface area contributed by atoms with Gasteiger partial charge in [0.15, 0.2) is 0 Å². The summed E-state index contributed by atoms with van der Waals surface area (Å²) < 4.78 is 5.37. The lowest BCUT2D eigenvalue weighted by molar-refractivity contribution is 0.250. The monoisotopic (exact) mass is 238 g/mol. The first kappa shape index (κ1) is 14.3. The van der Waals surface area contributed by atoms with Crippen molar-refractivity contribution in [1.29, 1.82) is 0 Å². The molecular weight excluding hydrogens is 212 g/mol. The van der Waals surface area contributed by atoms with Crippen LogP contribution in [-0.2, 0) is 6.54 Å². The number of nitrogens with zero attached hydrogens (tertiary/aromatic N) is 1. The van der Waals surface area contributed by atoms with E-state index in [9.17, 15) is 0 Å². The molecule has 3 nitrogen and oxygen atoms in total. The summed E-state index contributed by atoms with van der Waals surface area (Å²) in [6.07, 6.45) is 4.23. The Bertz CT molecular complexity index is 270. The average Bonchev–Trinajstić information content (AvgIpc) is 2.79. The van der Waals surface area contributed by atoms with Crippen LogP contribution in [0.25, 0.3) is 0 Å². The van der Waals surface area contributed by atoms with Crippen molar-refractivity contribution in [2.75, 3.05) is 19.6 Å². The van der Waals surface area contributed by atoms with E-state index < -0.39 is 0 Å². The Morgan fingerprint density at radius 2 is 2.18 bits per heavy atom. The van der Waals surface area contributed by atoms with Crippen LogP contribution < -0.4 is 5.32 Å². The van der Waals surface area contributed by atoms with Crippen molar-refractivity contribution in [3.63, 3.8) is 0 Å². The molecule has 1 rings (SSSR count). The van der Waals surface area contributed by atoms with Crippen molar-refractivity contribution in [3.05, 3.63) is 24.2 Å². The van der Waals surface area contributed by atoms with E-state index in [0.29, 0.717) is 6.04 Å². The van der Waals surface area contributed by atoms with Gasteiger partial charge in [-0.1, -0.05) is 20.8 Å². The summed E-state index contributed by atoms with van der Waals surface area (Å²) in [4.78, 5) is 2.42. The van der Waals surface area contributed by atoms with Crippen LogP contribution in [0, 0.1) is 0 Å². The van der Waals surface area contributed by atoms with Gasteiger partial charge in [0.1, 0.15) is 5.76 Å². The van der Waals surface area contributed by atoms with Crippen LogP contribution in [0.1, 0.15) is 39.4 Å². The molecule has 3 heteroatoms. The summed E-state index contributed by atoms with van der Waals surface area (Å²) >= 11 is 0. The van der Waals surface area contributed by atoms with Crippen molar-refractivity contribution >= 4 is 0 Å². The van der Waals surface area contributed by atoms with Crippen LogP contribution in [0.15, 0.2) is 22.8 Å². The molecule has 0 aliphatic heterocycles. The van der Waals surface area contributed by atoms with E-state index >= 15 is 0 Å². The average molecular weight is 238 g/mol. The van der Waals surface area contributed by atoms with Crippen LogP contribution >= 0.6 is 0 Å². The number of nitrogens with one attached hydrogen (secondary N) is 1. The third-order valence-electron chi connectivity index (χ3n) is 2.86. The molecule has 1 N–H and O–H groups in total. The lowest BCUT2D eigenvalue weighted by Gasteiger charge is -2.19. The molecule has 0 aliphatic rings. The highest BCUT2D eigenvalue weighted by Crippen LogP contribution is 2.06. The van der Waals surface area contributed by atoms with E-state index in [-0.39, 0.29) is 0 Å². The summed E-state index contributed by atoms with van der Waals surface area (Å²) in [6.45, 7) is 10.9. The first-order chi connectivity index (χ1) is 8.22. The Hall–Kier alpha value is -0.800. The maximum atomic E-state index is 5.37. The van der Waals surface area contributed by atoms with E-state index in [1.165, 1.54) is 12.8 Å². The molecule has 0 aliphatic carbocycles. The molecule has 0 atom stereocenters. The number of unbranched alkanes of at least 4 members (excludes halogenated alkanes) is 1. The second-order valence-corrected chi connectivity index (χ2v) is 4.76. The number of furan rings is 1. The smallest absolute Gasteiger partial charge is 0.117 e. The molecule has 0 amide bonds. The lowest BCUT2D eigenvalue weighted by Crippen LogP contribution is -2.26. The van der Waals surface area contributed by atoms with Crippen LogP contribution in [0.3, 0.4) is 0 Å². The fourth-order valence-corrected chi connectivity index (χ4v) is 1.82. The van der Waals surface area contributed by atoms with Gasteiger partial charge in [0.05, 0.1) is 12.8 Å². The molecule has 0 saturated heterocycles. The molecule has 0 aromatic carbocycles. The maximum absolute atomic E-state index is 5.37. The molecule has 0 unspecified atom stereocenters. The molecule has 0 bridgehead atoms. The molecule has 1 heterocycles. The predicted molar refractivity (Wildman–Crippen MR) is 72.0 cm³/mol. The first-order valence-corrected chi connectivity index (χ1v) is 6.70. The minimum Gasteiger partial charge on any atom is -0.468 e. The van der Waals surface area contributed by atoms with E-state index in [2.05, 4.69) is 31.0 Å². The SMILES string of the molecule is CCN(CCCCNC(C)C)Cc1ccco1. The van der Waals surface area contributed by atoms with E-state index in [1.54, 1.807) is 6.26 Å². The molecule has 17 heavy (non-hydrogen) atoms. The van der Waals surface area contributed by atoms with E-state index in [4.69, 9.17) is 4.42 Å². The predicted octanol–water partition coefficient (Wildman–Crippen LogP) is 2.88. The molecule has 0 radical (unpaired) electrons. The Kier molecular flexibility index (Phi) is 6.97. The summed E-state index contributed by atoms with van der Waals surface area (Å²) in [5.41, 5.74) is 0. The third kappa shape index (κ3) is 6.49. The molecule has 0 spiro atoms. The summed E-state index contributed by atoms with van der Waals surface area (Å²) in [5, 5.41) is 3.45. The van der Waals surface area contributed by atoms with Gasteiger partial charge in [-0.15, -0.1) is 0 Å². The number of rotatable bonds is 9. The van der Waals surface area contributed by atoms with Gasteiger partial charge < -0.3 is 9.73 Å². The third-order valence-corrected chi connectivity index (χ3v) is 2.86. The van der Waals surface area contributed by atoms with Gasteiger partial charge in [0.25, 0.3) is 0 Å². The van der Waals surface area contributed by atoms with Crippen molar-refractivity contribution in [2.45, 2.75) is 46.2 Å².